The summed E-state index contributed by atoms with van der Waals surface area (Å²) in [5.74, 6) is -0.0941. The highest BCUT2D eigenvalue weighted by atomic mass is 35.5. The third kappa shape index (κ3) is 2.97. The topological polar surface area (TPSA) is 63.3 Å². The average Bonchev–Trinajstić information content (AvgIpc) is 2.15. The van der Waals surface area contributed by atoms with Crippen LogP contribution in [-0.4, -0.2) is 9.32 Å². The van der Waals surface area contributed by atoms with Gasteiger partial charge in [0.1, 0.15) is 21.6 Å². The van der Waals surface area contributed by atoms with Crippen LogP contribution in [0, 0.1) is 6.92 Å². The predicted molar refractivity (Wildman–Crippen MR) is 59.8 cm³/mol. The summed E-state index contributed by atoms with van der Waals surface area (Å²) in [5, 5.41) is 14.7. The second-order valence-electron chi connectivity index (χ2n) is 2.34. The van der Waals surface area contributed by atoms with Crippen molar-refractivity contribution < 1.29 is 9.32 Å². The molecule has 1 unspecified atom stereocenters. The predicted octanol–water partition coefficient (Wildman–Crippen LogP) is 2.36. The summed E-state index contributed by atoms with van der Waals surface area (Å²) in [6, 6.07) is 3.19. The average molecular weight is 236 g/mol. The first-order valence-electron chi connectivity index (χ1n) is 4.18. The maximum absolute atomic E-state index is 10.9. The molecule has 0 bridgehead atoms. The Kier molecular flexibility index (Phi) is 5.76. The maximum Gasteiger partial charge on any atom is 0.137 e. The summed E-state index contributed by atoms with van der Waals surface area (Å²) in [5.41, 5.74) is 0.605. The number of hydrogen-bond donors (Lipinski definition) is 2. The van der Waals surface area contributed by atoms with Gasteiger partial charge in [-0.2, -0.15) is 0 Å². The molecule has 1 aromatic carbocycles. The van der Waals surface area contributed by atoms with Crippen molar-refractivity contribution in [1.29, 1.82) is 0 Å². The normalized spacial score (nSPS) is 11.5. The molecule has 80 valence electrons. The molecule has 3 N–H and O–H groups in total. The quantitative estimate of drug-likeness (QED) is 0.785. The number of phenolic OH excluding ortho intramolecular Hbond substituents is 1. The first kappa shape index (κ1) is 13.4. The lowest BCUT2D eigenvalue weighted by atomic mass is 10.2. The Morgan fingerprint density at radius 3 is 2.29 bits per heavy atom. The molecule has 0 aliphatic carbocycles. The molecule has 3 nitrogen and oxygen atoms in total. The number of benzene rings is 1. The van der Waals surface area contributed by atoms with Crippen LogP contribution in [0.3, 0.4) is 0 Å². The number of aromatic hydroxyl groups is 1. The number of hydrogen-bond acceptors (Lipinski definition) is 2. The van der Waals surface area contributed by atoms with Crippen LogP contribution in [0.5, 0.6) is 5.75 Å². The van der Waals surface area contributed by atoms with Gasteiger partial charge in [-0.3, -0.25) is 0 Å². The highest BCUT2D eigenvalue weighted by Gasteiger charge is 2.12. The number of nitrogens with two attached hydrogens (primary N) is 1. The van der Waals surface area contributed by atoms with E-state index in [1.807, 2.05) is 13.8 Å². The van der Waals surface area contributed by atoms with Crippen molar-refractivity contribution in [3.05, 3.63) is 22.7 Å². The lowest BCUT2D eigenvalue weighted by molar-refractivity contribution is 0.457. The number of halogens is 1. The zero-order valence-corrected chi connectivity index (χ0v) is 9.95. The lowest BCUT2D eigenvalue weighted by Crippen LogP contribution is -2.04. The molecule has 0 aliphatic rings. The molecular formula is C9H14ClNO2S. The largest absolute Gasteiger partial charge is 0.506 e. The Hall–Kier alpha value is -0.580. The van der Waals surface area contributed by atoms with Crippen molar-refractivity contribution in [3.8, 4) is 5.75 Å². The van der Waals surface area contributed by atoms with Crippen LogP contribution in [0.25, 0.3) is 0 Å². The van der Waals surface area contributed by atoms with E-state index < -0.39 is 11.0 Å². The summed E-state index contributed by atoms with van der Waals surface area (Å²) in [7, 11) is -1.74. The van der Waals surface area contributed by atoms with Gasteiger partial charge >= 0.3 is 0 Å². The van der Waals surface area contributed by atoms with Crippen LogP contribution in [0.4, 0.5) is 0 Å². The SMILES string of the molecule is CC.Cc1ccc(Cl)c(S(N)=O)c1O. The first-order chi connectivity index (χ1) is 6.54. The van der Waals surface area contributed by atoms with Crippen molar-refractivity contribution in [2.24, 2.45) is 5.14 Å². The number of aryl methyl sites for hydroxylation is 1. The van der Waals surface area contributed by atoms with Crippen LogP contribution in [0.1, 0.15) is 19.4 Å². The van der Waals surface area contributed by atoms with E-state index in [0.29, 0.717) is 5.56 Å². The first-order valence-corrected chi connectivity index (χ1v) is 5.77. The molecule has 0 aliphatic heterocycles. The molecule has 0 heterocycles. The van der Waals surface area contributed by atoms with Crippen molar-refractivity contribution in [2.75, 3.05) is 0 Å². The lowest BCUT2D eigenvalue weighted by Gasteiger charge is -2.05. The highest BCUT2D eigenvalue weighted by Crippen LogP contribution is 2.30. The minimum atomic E-state index is -1.74. The van der Waals surface area contributed by atoms with E-state index >= 15 is 0 Å². The summed E-state index contributed by atoms with van der Waals surface area (Å²) < 4.78 is 10.9. The molecule has 0 radical (unpaired) electrons. The van der Waals surface area contributed by atoms with E-state index in [9.17, 15) is 9.32 Å². The van der Waals surface area contributed by atoms with E-state index in [4.69, 9.17) is 16.7 Å². The third-order valence-electron chi connectivity index (χ3n) is 1.49. The van der Waals surface area contributed by atoms with Gasteiger partial charge in [-0.15, -0.1) is 0 Å². The second kappa shape index (κ2) is 6.01. The van der Waals surface area contributed by atoms with Gasteiger partial charge in [-0.25, -0.2) is 9.35 Å². The molecule has 0 aromatic heterocycles. The molecule has 1 aromatic rings. The van der Waals surface area contributed by atoms with Crippen LogP contribution in [-0.2, 0) is 11.0 Å². The standard InChI is InChI=1S/C7H8ClNO2S.C2H6/c1-4-2-3-5(8)7(6(4)10)12(9)11;1-2/h2-3,10H,9H2,1H3;1-2H3. The van der Waals surface area contributed by atoms with E-state index in [1.54, 1.807) is 19.1 Å². The monoisotopic (exact) mass is 235 g/mol. The molecule has 0 amide bonds. The van der Waals surface area contributed by atoms with Gasteiger partial charge in [0.2, 0.25) is 0 Å². The van der Waals surface area contributed by atoms with Gasteiger partial charge in [-0.1, -0.05) is 31.5 Å². The molecule has 1 atom stereocenters. The maximum atomic E-state index is 10.9. The second-order valence-corrected chi connectivity index (χ2v) is 3.75. The van der Waals surface area contributed by atoms with Crippen molar-refractivity contribution >= 4 is 22.6 Å². The molecule has 0 saturated heterocycles. The van der Waals surface area contributed by atoms with Crippen LogP contribution in [0.15, 0.2) is 17.0 Å². The zero-order valence-electron chi connectivity index (χ0n) is 8.37. The number of phenols is 1. The van der Waals surface area contributed by atoms with Crippen LogP contribution >= 0.6 is 11.6 Å². The highest BCUT2D eigenvalue weighted by molar-refractivity contribution is 7.83. The van der Waals surface area contributed by atoms with Gasteiger partial charge in [0, 0.05) is 0 Å². The minimum absolute atomic E-state index is 0.0941. The van der Waals surface area contributed by atoms with Crippen molar-refractivity contribution in [3.63, 3.8) is 0 Å². The van der Waals surface area contributed by atoms with E-state index in [0.717, 1.165) is 0 Å². The number of rotatable bonds is 1. The molecule has 0 saturated carbocycles. The Balaban J connectivity index is 0.000000791. The van der Waals surface area contributed by atoms with Gasteiger partial charge in [0.05, 0.1) is 5.02 Å². The summed E-state index contributed by atoms with van der Waals surface area (Å²) in [4.78, 5) is 0.0941. The fraction of sp³-hybridized carbons (Fsp3) is 0.333. The Bertz CT molecular complexity index is 342. The Morgan fingerprint density at radius 2 is 1.93 bits per heavy atom. The Morgan fingerprint density at radius 1 is 1.43 bits per heavy atom. The van der Waals surface area contributed by atoms with Gasteiger partial charge < -0.3 is 5.11 Å². The smallest absolute Gasteiger partial charge is 0.137 e. The van der Waals surface area contributed by atoms with Crippen molar-refractivity contribution in [1.82, 2.24) is 0 Å². The van der Waals surface area contributed by atoms with E-state index in [-0.39, 0.29) is 15.7 Å². The van der Waals surface area contributed by atoms with Crippen LogP contribution in [0.2, 0.25) is 5.02 Å². The summed E-state index contributed by atoms with van der Waals surface area (Å²) in [6.07, 6.45) is 0. The summed E-state index contributed by atoms with van der Waals surface area (Å²) >= 11 is 5.66. The third-order valence-corrected chi connectivity index (χ3v) is 2.73. The van der Waals surface area contributed by atoms with E-state index in [1.165, 1.54) is 0 Å². The molecule has 0 spiro atoms. The van der Waals surface area contributed by atoms with Gasteiger partial charge in [-0.05, 0) is 18.6 Å². The van der Waals surface area contributed by atoms with Gasteiger partial charge in [0.15, 0.2) is 0 Å². The zero-order chi connectivity index (χ0) is 11.3. The minimum Gasteiger partial charge on any atom is -0.506 e. The molecular weight excluding hydrogens is 222 g/mol. The molecule has 5 heteroatoms. The molecule has 14 heavy (non-hydrogen) atoms. The fourth-order valence-corrected chi connectivity index (χ4v) is 1.83. The molecule has 1 rings (SSSR count). The van der Waals surface area contributed by atoms with Crippen molar-refractivity contribution in [2.45, 2.75) is 25.7 Å². The Labute approximate surface area is 91.5 Å². The summed E-state index contributed by atoms with van der Waals surface area (Å²) in [6.45, 7) is 5.68. The van der Waals surface area contributed by atoms with E-state index in [2.05, 4.69) is 0 Å². The van der Waals surface area contributed by atoms with Gasteiger partial charge in [0.25, 0.3) is 0 Å². The fourth-order valence-electron chi connectivity index (χ4n) is 0.836. The van der Waals surface area contributed by atoms with Crippen LogP contribution < -0.4 is 5.14 Å². The molecule has 0 fully saturated rings.